The van der Waals surface area contributed by atoms with Crippen LogP contribution in [0, 0.1) is 6.92 Å². The summed E-state index contributed by atoms with van der Waals surface area (Å²) < 4.78 is 5.30. The van der Waals surface area contributed by atoms with Gasteiger partial charge in [0.25, 0.3) is 0 Å². The van der Waals surface area contributed by atoms with Crippen LogP contribution in [-0.4, -0.2) is 5.11 Å². The molecule has 0 amide bonds. The summed E-state index contributed by atoms with van der Waals surface area (Å²) >= 11 is 0. The molecule has 0 aliphatic rings. The fourth-order valence-corrected chi connectivity index (χ4v) is 2.40. The van der Waals surface area contributed by atoms with Crippen molar-refractivity contribution in [1.29, 1.82) is 0 Å². The lowest BCUT2D eigenvalue weighted by molar-refractivity contribution is 0.466. The van der Waals surface area contributed by atoms with Gasteiger partial charge in [0, 0.05) is 17.0 Å². The van der Waals surface area contributed by atoms with E-state index in [2.05, 4.69) is 0 Å². The number of phenolic OH excluding ortho intramolecular Hbond substituents is 1. The SMILES string of the molecule is CCc1cc2c(C)c(C(C)C)c(=O)oc2cc1O. The molecule has 2 rings (SSSR count). The van der Waals surface area contributed by atoms with Gasteiger partial charge in [0.2, 0.25) is 0 Å². The molecule has 0 aliphatic heterocycles. The molecule has 1 N–H and O–H groups in total. The molecule has 0 aliphatic carbocycles. The average Bonchev–Trinajstić information content (AvgIpc) is 2.27. The zero-order valence-electron chi connectivity index (χ0n) is 11.2. The quantitative estimate of drug-likeness (QED) is 0.825. The molecule has 96 valence electrons. The molecule has 0 unspecified atom stereocenters. The van der Waals surface area contributed by atoms with E-state index in [1.807, 2.05) is 33.8 Å². The minimum atomic E-state index is -0.307. The first-order valence-corrected chi connectivity index (χ1v) is 6.24. The molecule has 0 atom stereocenters. The van der Waals surface area contributed by atoms with Crippen molar-refractivity contribution in [3.8, 4) is 5.75 Å². The molecule has 1 aromatic carbocycles. The highest BCUT2D eigenvalue weighted by atomic mass is 16.4. The van der Waals surface area contributed by atoms with E-state index >= 15 is 0 Å². The van der Waals surface area contributed by atoms with Crippen molar-refractivity contribution in [3.05, 3.63) is 39.2 Å². The van der Waals surface area contributed by atoms with Crippen LogP contribution in [0.2, 0.25) is 0 Å². The van der Waals surface area contributed by atoms with Gasteiger partial charge in [-0.15, -0.1) is 0 Å². The first-order valence-electron chi connectivity index (χ1n) is 6.24. The first-order chi connectivity index (χ1) is 8.45. The minimum Gasteiger partial charge on any atom is -0.508 e. The molecule has 0 bridgehead atoms. The molecular weight excluding hydrogens is 228 g/mol. The lowest BCUT2D eigenvalue weighted by Crippen LogP contribution is -2.11. The Hall–Kier alpha value is -1.77. The van der Waals surface area contributed by atoms with Crippen molar-refractivity contribution >= 4 is 11.0 Å². The molecular formula is C15H18O3. The number of hydrogen-bond donors (Lipinski definition) is 1. The molecule has 1 heterocycles. The van der Waals surface area contributed by atoms with E-state index in [-0.39, 0.29) is 17.3 Å². The van der Waals surface area contributed by atoms with Crippen LogP contribution in [0.15, 0.2) is 21.3 Å². The summed E-state index contributed by atoms with van der Waals surface area (Å²) in [4.78, 5) is 11.9. The van der Waals surface area contributed by atoms with E-state index in [1.165, 1.54) is 6.07 Å². The lowest BCUT2D eigenvalue weighted by Gasteiger charge is -2.12. The predicted molar refractivity (Wildman–Crippen MR) is 72.4 cm³/mol. The molecule has 3 heteroatoms. The van der Waals surface area contributed by atoms with Crippen LogP contribution in [0.4, 0.5) is 0 Å². The zero-order chi connectivity index (χ0) is 13.4. The summed E-state index contributed by atoms with van der Waals surface area (Å²) in [6.07, 6.45) is 0.747. The Morgan fingerprint density at radius 1 is 1.33 bits per heavy atom. The maximum atomic E-state index is 11.9. The van der Waals surface area contributed by atoms with Gasteiger partial charge < -0.3 is 9.52 Å². The fourth-order valence-electron chi connectivity index (χ4n) is 2.40. The van der Waals surface area contributed by atoms with E-state index in [9.17, 15) is 9.90 Å². The van der Waals surface area contributed by atoms with Crippen LogP contribution >= 0.6 is 0 Å². The number of fused-ring (bicyclic) bond motifs is 1. The maximum Gasteiger partial charge on any atom is 0.339 e. The number of aryl methyl sites for hydroxylation is 2. The van der Waals surface area contributed by atoms with Gasteiger partial charge in [0.15, 0.2) is 0 Å². The Morgan fingerprint density at radius 3 is 2.56 bits per heavy atom. The van der Waals surface area contributed by atoms with Gasteiger partial charge in [-0.05, 0) is 36.5 Å². The van der Waals surface area contributed by atoms with Gasteiger partial charge in [-0.3, -0.25) is 0 Å². The molecule has 18 heavy (non-hydrogen) atoms. The van der Waals surface area contributed by atoms with Crippen molar-refractivity contribution in [2.24, 2.45) is 0 Å². The number of hydrogen-bond acceptors (Lipinski definition) is 3. The largest absolute Gasteiger partial charge is 0.508 e. The van der Waals surface area contributed by atoms with Crippen molar-refractivity contribution in [2.45, 2.75) is 40.0 Å². The van der Waals surface area contributed by atoms with Crippen LogP contribution in [0.5, 0.6) is 5.75 Å². The third kappa shape index (κ3) is 1.90. The highest BCUT2D eigenvalue weighted by molar-refractivity contribution is 5.83. The van der Waals surface area contributed by atoms with Crippen molar-refractivity contribution in [2.75, 3.05) is 0 Å². The maximum absolute atomic E-state index is 11.9. The second kappa shape index (κ2) is 4.48. The Bertz CT molecular complexity index is 651. The van der Waals surface area contributed by atoms with E-state index in [1.54, 1.807) is 0 Å². The Morgan fingerprint density at radius 2 is 2.00 bits per heavy atom. The Labute approximate surface area is 106 Å². The molecule has 1 aromatic heterocycles. The molecule has 0 spiro atoms. The predicted octanol–water partition coefficient (Wildman–Crippen LogP) is 3.49. The van der Waals surface area contributed by atoms with E-state index in [4.69, 9.17) is 4.42 Å². The smallest absolute Gasteiger partial charge is 0.339 e. The average molecular weight is 246 g/mol. The second-order valence-electron chi connectivity index (χ2n) is 4.91. The van der Waals surface area contributed by atoms with Crippen molar-refractivity contribution < 1.29 is 9.52 Å². The van der Waals surface area contributed by atoms with Crippen LogP contribution in [0.1, 0.15) is 43.4 Å². The zero-order valence-corrected chi connectivity index (χ0v) is 11.2. The topological polar surface area (TPSA) is 50.4 Å². The molecule has 3 nitrogen and oxygen atoms in total. The van der Waals surface area contributed by atoms with E-state index < -0.39 is 0 Å². The van der Waals surface area contributed by atoms with Gasteiger partial charge in [-0.25, -0.2) is 4.79 Å². The van der Waals surface area contributed by atoms with Crippen LogP contribution in [0.3, 0.4) is 0 Å². The molecule has 0 saturated carbocycles. The van der Waals surface area contributed by atoms with Crippen LogP contribution in [-0.2, 0) is 6.42 Å². The van der Waals surface area contributed by atoms with Gasteiger partial charge >= 0.3 is 5.63 Å². The molecule has 0 fully saturated rings. The van der Waals surface area contributed by atoms with E-state index in [0.29, 0.717) is 5.58 Å². The van der Waals surface area contributed by atoms with Gasteiger partial charge in [0.05, 0.1) is 0 Å². The summed E-state index contributed by atoms with van der Waals surface area (Å²) in [6, 6.07) is 3.45. The minimum absolute atomic E-state index is 0.129. The number of phenols is 1. The third-order valence-electron chi connectivity index (χ3n) is 3.37. The second-order valence-corrected chi connectivity index (χ2v) is 4.91. The Kier molecular flexibility index (Phi) is 3.16. The molecule has 2 aromatic rings. The normalized spacial score (nSPS) is 11.4. The summed E-state index contributed by atoms with van der Waals surface area (Å²) in [7, 11) is 0. The third-order valence-corrected chi connectivity index (χ3v) is 3.37. The number of benzene rings is 1. The first kappa shape index (κ1) is 12.7. The van der Waals surface area contributed by atoms with Gasteiger partial charge in [-0.2, -0.15) is 0 Å². The van der Waals surface area contributed by atoms with Crippen LogP contribution in [0.25, 0.3) is 11.0 Å². The van der Waals surface area contributed by atoms with Gasteiger partial charge in [-0.1, -0.05) is 20.8 Å². The van der Waals surface area contributed by atoms with Crippen molar-refractivity contribution in [1.82, 2.24) is 0 Å². The Balaban J connectivity index is 2.88. The van der Waals surface area contributed by atoms with Crippen LogP contribution < -0.4 is 5.63 Å². The van der Waals surface area contributed by atoms with Gasteiger partial charge in [0.1, 0.15) is 11.3 Å². The van der Waals surface area contributed by atoms with E-state index in [0.717, 1.165) is 28.5 Å². The van der Waals surface area contributed by atoms with Crippen molar-refractivity contribution in [3.63, 3.8) is 0 Å². The molecule has 0 radical (unpaired) electrons. The number of rotatable bonds is 2. The monoisotopic (exact) mass is 246 g/mol. The summed E-state index contributed by atoms with van der Waals surface area (Å²) in [5.41, 5.74) is 2.69. The number of aromatic hydroxyl groups is 1. The summed E-state index contributed by atoms with van der Waals surface area (Å²) in [6.45, 7) is 7.88. The summed E-state index contributed by atoms with van der Waals surface area (Å²) in [5, 5.41) is 10.7. The highest BCUT2D eigenvalue weighted by Gasteiger charge is 2.15. The fraction of sp³-hybridized carbons (Fsp3) is 0.400. The lowest BCUT2D eigenvalue weighted by atomic mass is 9.96. The highest BCUT2D eigenvalue weighted by Crippen LogP contribution is 2.29. The summed E-state index contributed by atoms with van der Waals surface area (Å²) in [5.74, 6) is 0.314. The standard InChI is InChI=1S/C15H18O3/c1-5-10-6-11-9(4)14(8(2)3)15(17)18-13(11)7-12(10)16/h6-8,16H,5H2,1-4H3. The molecule has 0 saturated heterocycles.